The van der Waals surface area contributed by atoms with Crippen LogP contribution in [0.4, 0.5) is 11.4 Å². The molecule has 6 heteroatoms. The van der Waals surface area contributed by atoms with E-state index in [4.69, 9.17) is 23.2 Å². The number of nitrogens with one attached hydrogen (secondary N) is 1. The van der Waals surface area contributed by atoms with E-state index in [1.165, 1.54) is 6.07 Å². The van der Waals surface area contributed by atoms with E-state index < -0.39 is 4.92 Å². The van der Waals surface area contributed by atoms with Gasteiger partial charge in [-0.25, -0.2) is 0 Å². The van der Waals surface area contributed by atoms with E-state index in [0.29, 0.717) is 22.3 Å². The van der Waals surface area contributed by atoms with Gasteiger partial charge in [-0.2, -0.15) is 0 Å². The van der Waals surface area contributed by atoms with Gasteiger partial charge in [-0.3, -0.25) is 10.1 Å². The van der Waals surface area contributed by atoms with Gasteiger partial charge in [0.05, 0.1) is 4.92 Å². The lowest BCUT2D eigenvalue weighted by Gasteiger charge is -2.09. The molecule has 0 aliphatic heterocycles. The Kier molecular flexibility index (Phi) is 4.47. The fourth-order valence-electron chi connectivity index (χ4n) is 1.80. The molecular weight excluding hydrogens is 299 g/mol. The van der Waals surface area contributed by atoms with Crippen LogP contribution in [0.5, 0.6) is 0 Å². The zero-order valence-electron chi connectivity index (χ0n) is 10.7. The zero-order chi connectivity index (χ0) is 14.7. The number of nitro groups is 1. The highest BCUT2D eigenvalue weighted by Gasteiger charge is 2.13. The first-order valence-corrected chi connectivity index (χ1v) is 6.66. The summed E-state index contributed by atoms with van der Waals surface area (Å²) >= 11 is 11.9. The number of halogens is 2. The number of benzene rings is 2. The van der Waals surface area contributed by atoms with Crippen LogP contribution in [0, 0.1) is 17.0 Å². The third-order valence-corrected chi connectivity index (χ3v) is 3.42. The molecule has 0 heterocycles. The second-order valence-electron chi connectivity index (χ2n) is 4.37. The van der Waals surface area contributed by atoms with Crippen molar-refractivity contribution in [3.63, 3.8) is 0 Å². The number of hydrogen-bond acceptors (Lipinski definition) is 3. The number of rotatable bonds is 4. The molecule has 0 spiro atoms. The summed E-state index contributed by atoms with van der Waals surface area (Å²) in [7, 11) is 0. The SMILES string of the molecule is Cc1ccc(NCc2ccc(Cl)cc2Cl)c([N+](=O)[O-])c1. The number of aryl methyl sites for hydroxylation is 1. The Hall–Kier alpha value is -1.78. The Balaban J connectivity index is 2.20. The van der Waals surface area contributed by atoms with E-state index in [0.717, 1.165) is 11.1 Å². The molecule has 0 saturated carbocycles. The lowest BCUT2D eigenvalue weighted by Crippen LogP contribution is -2.03. The van der Waals surface area contributed by atoms with Gasteiger partial charge in [-0.15, -0.1) is 0 Å². The van der Waals surface area contributed by atoms with Gasteiger partial charge >= 0.3 is 0 Å². The van der Waals surface area contributed by atoms with Crippen molar-refractivity contribution in [3.8, 4) is 0 Å². The standard InChI is InChI=1S/C14H12Cl2N2O2/c1-9-2-5-13(14(6-9)18(19)20)17-8-10-3-4-11(15)7-12(10)16/h2-7,17H,8H2,1H3. The lowest BCUT2D eigenvalue weighted by molar-refractivity contribution is -0.384. The quantitative estimate of drug-likeness (QED) is 0.650. The van der Waals surface area contributed by atoms with Crippen molar-refractivity contribution < 1.29 is 4.92 Å². The van der Waals surface area contributed by atoms with E-state index in [1.807, 2.05) is 13.0 Å². The molecule has 0 amide bonds. The van der Waals surface area contributed by atoms with Crippen molar-refractivity contribution in [3.05, 3.63) is 67.7 Å². The van der Waals surface area contributed by atoms with E-state index in [1.54, 1.807) is 24.3 Å². The van der Waals surface area contributed by atoms with Gasteiger partial charge in [0, 0.05) is 22.7 Å². The number of hydrogen-bond donors (Lipinski definition) is 1. The smallest absolute Gasteiger partial charge is 0.292 e. The molecular formula is C14H12Cl2N2O2. The second kappa shape index (κ2) is 6.11. The highest BCUT2D eigenvalue weighted by molar-refractivity contribution is 6.35. The third kappa shape index (κ3) is 3.40. The Labute approximate surface area is 126 Å². The van der Waals surface area contributed by atoms with Crippen LogP contribution in [0.1, 0.15) is 11.1 Å². The number of nitrogens with zero attached hydrogens (tertiary/aromatic N) is 1. The fraction of sp³-hybridized carbons (Fsp3) is 0.143. The van der Waals surface area contributed by atoms with E-state index >= 15 is 0 Å². The predicted molar refractivity (Wildman–Crippen MR) is 81.6 cm³/mol. The molecule has 0 fully saturated rings. The molecule has 0 saturated heterocycles. The molecule has 2 rings (SSSR count). The zero-order valence-corrected chi connectivity index (χ0v) is 12.2. The van der Waals surface area contributed by atoms with E-state index in [9.17, 15) is 10.1 Å². The molecule has 0 aliphatic rings. The van der Waals surface area contributed by atoms with Gasteiger partial charge < -0.3 is 5.32 Å². The van der Waals surface area contributed by atoms with E-state index in [-0.39, 0.29) is 5.69 Å². The van der Waals surface area contributed by atoms with E-state index in [2.05, 4.69) is 5.32 Å². The molecule has 0 radical (unpaired) electrons. The molecule has 0 bridgehead atoms. The molecule has 104 valence electrons. The van der Waals surface area contributed by atoms with Crippen molar-refractivity contribution in [1.82, 2.24) is 0 Å². The molecule has 0 aromatic heterocycles. The van der Waals surface area contributed by atoms with Gasteiger partial charge in [-0.05, 0) is 36.2 Å². The average molecular weight is 311 g/mol. The third-order valence-electron chi connectivity index (χ3n) is 2.83. The second-order valence-corrected chi connectivity index (χ2v) is 5.21. The van der Waals surface area contributed by atoms with Gasteiger partial charge in [0.15, 0.2) is 0 Å². The number of nitro benzene ring substituents is 1. The summed E-state index contributed by atoms with van der Waals surface area (Å²) in [4.78, 5) is 10.6. The van der Waals surface area contributed by atoms with Crippen molar-refractivity contribution in [1.29, 1.82) is 0 Å². The minimum atomic E-state index is -0.404. The number of anilines is 1. The minimum Gasteiger partial charge on any atom is -0.375 e. The van der Waals surface area contributed by atoms with Gasteiger partial charge in [0.2, 0.25) is 0 Å². The fourth-order valence-corrected chi connectivity index (χ4v) is 2.27. The Morgan fingerprint density at radius 3 is 2.60 bits per heavy atom. The Morgan fingerprint density at radius 1 is 1.20 bits per heavy atom. The van der Waals surface area contributed by atoms with Crippen LogP contribution in [-0.2, 0) is 6.54 Å². The van der Waals surface area contributed by atoms with Crippen molar-refractivity contribution in [2.45, 2.75) is 13.5 Å². The molecule has 0 unspecified atom stereocenters. The monoisotopic (exact) mass is 310 g/mol. The van der Waals surface area contributed by atoms with Crippen LogP contribution in [0.25, 0.3) is 0 Å². The maximum absolute atomic E-state index is 11.0. The van der Waals surface area contributed by atoms with Crippen molar-refractivity contribution in [2.24, 2.45) is 0 Å². The summed E-state index contributed by atoms with van der Waals surface area (Å²) in [5.74, 6) is 0. The Bertz CT molecular complexity index is 660. The summed E-state index contributed by atoms with van der Waals surface area (Å²) in [6.07, 6.45) is 0. The first-order chi connectivity index (χ1) is 9.47. The maximum atomic E-state index is 11.0. The average Bonchev–Trinajstić information content (AvgIpc) is 2.38. The van der Waals surface area contributed by atoms with Gasteiger partial charge in [0.1, 0.15) is 5.69 Å². The first-order valence-electron chi connectivity index (χ1n) is 5.90. The van der Waals surface area contributed by atoms with Gasteiger partial charge in [-0.1, -0.05) is 35.3 Å². The summed E-state index contributed by atoms with van der Waals surface area (Å²) in [5, 5.41) is 15.1. The summed E-state index contributed by atoms with van der Waals surface area (Å²) < 4.78 is 0. The minimum absolute atomic E-state index is 0.0510. The highest BCUT2D eigenvalue weighted by Crippen LogP contribution is 2.27. The maximum Gasteiger partial charge on any atom is 0.292 e. The molecule has 2 aromatic carbocycles. The molecule has 0 atom stereocenters. The van der Waals surface area contributed by atoms with Crippen LogP contribution >= 0.6 is 23.2 Å². The van der Waals surface area contributed by atoms with Gasteiger partial charge in [0.25, 0.3) is 5.69 Å². The molecule has 1 N–H and O–H groups in total. The lowest BCUT2D eigenvalue weighted by atomic mass is 10.1. The van der Waals surface area contributed by atoms with Crippen molar-refractivity contribution >= 4 is 34.6 Å². The molecule has 2 aromatic rings. The predicted octanol–water partition coefficient (Wildman–Crippen LogP) is 4.82. The molecule has 0 aliphatic carbocycles. The molecule has 20 heavy (non-hydrogen) atoms. The van der Waals surface area contributed by atoms with Crippen LogP contribution in [0.2, 0.25) is 10.0 Å². The highest BCUT2D eigenvalue weighted by atomic mass is 35.5. The first kappa shape index (κ1) is 14.6. The molecule has 4 nitrogen and oxygen atoms in total. The van der Waals surface area contributed by atoms with Crippen molar-refractivity contribution in [2.75, 3.05) is 5.32 Å². The van der Waals surface area contributed by atoms with Crippen LogP contribution in [0.3, 0.4) is 0 Å². The van der Waals surface area contributed by atoms with Crippen LogP contribution in [-0.4, -0.2) is 4.92 Å². The summed E-state index contributed by atoms with van der Waals surface area (Å²) in [6, 6.07) is 10.2. The normalized spacial score (nSPS) is 10.3. The largest absolute Gasteiger partial charge is 0.375 e. The Morgan fingerprint density at radius 2 is 1.95 bits per heavy atom. The van der Waals surface area contributed by atoms with Crippen LogP contribution < -0.4 is 5.32 Å². The van der Waals surface area contributed by atoms with Crippen LogP contribution in [0.15, 0.2) is 36.4 Å². The summed E-state index contributed by atoms with van der Waals surface area (Å²) in [6.45, 7) is 2.20. The topological polar surface area (TPSA) is 55.2 Å². The summed E-state index contributed by atoms with van der Waals surface area (Å²) in [5.41, 5.74) is 2.18.